The molecule has 1 saturated carbocycles. The minimum absolute atomic E-state index is 0.155. The van der Waals surface area contributed by atoms with Crippen molar-refractivity contribution in [3.8, 4) is 0 Å². The van der Waals surface area contributed by atoms with E-state index in [1.165, 1.54) is 12.8 Å². The van der Waals surface area contributed by atoms with Gasteiger partial charge in [-0.25, -0.2) is 0 Å². The monoisotopic (exact) mass is 274 g/mol. The van der Waals surface area contributed by atoms with Crippen molar-refractivity contribution in [2.24, 2.45) is 5.41 Å². The molecule has 1 aromatic carbocycles. The molecule has 0 saturated heterocycles. The fourth-order valence-electron chi connectivity index (χ4n) is 3.02. The van der Waals surface area contributed by atoms with E-state index >= 15 is 0 Å². The van der Waals surface area contributed by atoms with Gasteiger partial charge in [-0.15, -0.1) is 0 Å². The fourth-order valence-corrected chi connectivity index (χ4v) is 3.02. The molecule has 1 fully saturated rings. The quantitative estimate of drug-likeness (QED) is 0.853. The number of carbonyl (C=O) groups excluding carboxylic acids is 1. The molecule has 1 aliphatic carbocycles. The van der Waals surface area contributed by atoms with E-state index in [1.807, 2.05) is 29.2 Å². The van der Waals surface area contributed by atoms with Gasteiger partial charge in [-0.3, -0.25) is 4.79 Å². The second-order valence-electron chi connectivity index (χ2n) is 6.54. The molecule has 0 heterocycles. The molecule has 110 valence electrons. The largest absolute Gasteiger partial charge is 0.399 e. The SMILES string of the molecule is CC(C)N(Cc1ccc(N)cc1)C(=O)C1(C)CCCC1. The molecule has 0 atom stereocenters. The highest BCUT2D eigenvalue weighted by atomic mass is 16.2. The summed E-state index contributed by atoms with van der Waals surface area (Å²) in [6.07, 6.45) is 4.40. The maximum atomic E-state index is 12.9. The van der Waals surface area contributed by atoms with Gasteiger partial charge in [0.1, 0.15) is 0 Å². The Morgan fingerprint density at radius 3 is 2.30 bits per heavy atom. The molecular formula is C17H26N2O. The third kappa shape index (κ3) is 3.14. The molecule has 1 aromatic rings. The number of carbonyl (C=O) groups is 1. The Morgan fingerprint density at radius 1 is 1.25 bits per heavy atom. The van der Waals surface area contributed by atoms with Crippen LogP contribution in [0.1, 0.15) is 52.0 Å². The zero-order valence-corrected chi connectivity index (χ0v) is 12.9. The molecule has 0 radical (unpaired) electrons. The van der Waals surface area contributed by atoms with Crippen LogP contribution in [-0.2, 0) is 11.3 Å². The van der Waals surface area contributed by atoms with Gasteiger partial charge in [0.25, 0.3) is 0 Å². The van der Waals surface area contributed by atoms with Gasteiger partial charge < -0.3 is 10.6 Å². The molecule has 1 aliphatic rings. The maximum absolute atomic E-state index is 12.9. The van der Waals surface area contributed by atoms with Gasteiger partial charge in [-0.1, -0.05) is 31.9 Å². The number of anilines is 1. The Morgan fingerprint density at radius 2 is 1.80 bits per heavy atom. The average Bonchev–Trinajstić information content (AvgIpc) is 2.85. The number of nitrogens with two attached hydrogens (primary N) is 1. The number of benzene rings is 1. The Labute approximate surface area is 122 Å². The van der Waals surface area contributed by atoms with Crippen molar-refractivity contribution in [2.45, 2.75) is 59.0 Å². The first-order valence-electron chi connectivity index (χ1n) is 7.58. The van der Waals surface area contributed by atoms with Gasteiger partial charge in [-0.05, 0) is 44.4 Å². The highest BCUT2D eigenvalue weighted by Crippen LogP contribution is 2.39. The van der Waals surface area contributed by atoms with Gasteiger partial charge in [0.2, 0.25) is 5.91 Å². The van der Waals surface area contributed by atoms with E-state index in [-0.39, 0.29) is 11.5 Å². The van der Waals surface area contributed by atoms with Crippen molar-refractivity contribution in [1.82, 2.24) is 4.90 Å². The second kappa shape index (κ2) is 5.86. The van der Waals surface area contributed by atoms with Gasteiger partial charge in [0, 0.05) is 23.7 Å². The highest BCUT2D eigenvalue weighted by molar-refractivity contribution is 5.83. The first-order chi connectivity index (χ1) is 9.42. The lowest BCUT2D eigenvalue weighted by Gasteiger charge is -2.34. The molecule has 0 bridgehead atoms. The van der Waals surface area contributed by atoms with Crippen LogP contribution in [0.15, 0.2) is 24.3 Å². The molecule has 1 amide bonds. The van der Waals surface area contributed by atoms with Gasteiger partial charge in [0.05, 0.1) is 0 Å². The van der Waals surface area contributed by atoms with E-state index in [4.69, 9.17) is 5.73 Å². The van der Waals surface area contributed by atoms with Crippen molar-refractivity contribution in [2.75, 3.05) is 5.73 Å². The van der Waals surface area contributed by atoms with Crippen molar-refractivity contribution in [3.05, 3.63) is 29.8 Å². The number of nitrogen functional groups attached to an aromatic ring is 1. The third-order valence-electron chi connectivity index (χ3n) is 4.44. The van der Waals surface area contributed by atoms with E-state index in [1.54, 1.807) is 0 Å². The van der Waals surface area contributed by atoms with Crippen molar-refractivity contribution in [1.29, 1.82) is 0 Å². The zero-order chi connectivity index (χ0) is 14.8. The van der Waals surface area contributed by atoms with Gasteiger partial charge >= 0.3 is 0 Å². The normalized spacial score (nSPS) is 17.4. The van der Waals surface area contributed by atoms with Crippen LogP contribution >= 0.6 is 0 Å². The molecule has 0 spiro atoms. The Hall–Kier alpha value is -1.51. The molecule has 0 unspecified atom stereocenters. The highest BCUT2D eigenvalue weighted by Gasteiger charge is 2.39. The summed E-state index contributed by atoms with van der Waals surface area (Å²) in [5.41, 5.74) is 7.47. The summed E-state index contributed by atoms with van der Waals surface area (Å²) in [6, 6.07) is 8.03. The number of hydrogen-bond donors (Lipinski definition) is 1. The Bertz CT molecular complexity index is 458. The first kappa shape index (κ1) is 14.9. The molecule has 2 N–H and O–H groups in total. The summed E-state index contributed by atoms with van der Waals surface area (Å²) in [5.74, 6) is 0.307. The third-order valence-corrected chi connectivity index (χ3v) is 4.44. The van der Waals surface area contributed by atoms with Gasteiger partial charge in [-0.2, -0.15) is 0 Å². The minimum Gasteiger partial charge on any atom is -0.399 e. The van der Waals surface area contributed by atoms with Crippen LogP contribution in [0.3, 0.4) is 0 Å². The van der Waals surface area contributed by atoms with Crippen LogP contribution < -0.4 is 5.73 Å². The smallest absolute Gasteiger partial charge is 0.229 e. The number of amides is 1. The predicted molar refractivity (Wildman–Crippen MR) is 83.1 cm³/mol. The average molecular weight is 274 g/mol. The molecule has 0 aliphatic heterocycles. The first-order valence-corrected chi connectivity index (χ1v) is 7.58. The fraction of sp³-hybridized carbons (Fsp3) is 0.588. The number of nitrogens with zero attached hydrogens (tertiary/aromatic N) is 1. The summed E-state index contributed by atoms with van der Waals surface area (Å²) in [4.78, 5) is 14.9. The van der Waals surface area contributed by atoms with E-state index in [0.717, 1.165) is 24.1 Å². The topological polar surface area (TPSA) is 46.3 Å². The lowest BCUT2D eigenvalue weighted by molar-refractivity contribution is -0.143. The zero-order valence-electron chi connectivity index (χ0n) is 12.9. The van der Waals surface area contributed by atoms with Crippen LogP contribution in [0.25, 0.3) is 0 Å². The molecule has 3 nitrogen and oxygen atoms in total. The van der Waals surface area contributed by atoms with Crippen LogP contribution in [-0.4, -0.2) is 16.8 Å². The molecule has 0 aromatic heterocycles. The summed E-state index contributed by atoms with van der Waals surface area (Å²) < 4.78 is 0. The van der Waals surface area contributed by atoms with Crippen LogP contribution in [0.4, 0.5) is 5.69 Å². The lowest BCUT2D eigenvalue weighted by Crippen LogP contribution is -2.44. The summed E-state index contributed by atoms with van der Waals surface area (Å²) >= 11 is 0. The van der Waals surface area contributed by atoms with Crippen molar-refractivity contribution < 1.29 is 4.79 Å². The number of rotatable bonds is 4. The van der Waals surface area contributed by atoms with Crippen molar-refractivity contribution in [3.63, 3.8) is 0 Å². The second-order valence-corrected chi connectivity index (χ2v) is 6.54. The minimum atomic E-state index is -0.155. The summed E-state index contributed by atoms with van der Waals surface area (Å²) in [7, 11) is 0. The standard InChI is InChI=1S/C17H26N2O/c1-13(2)19(12-14-6-8-15(18)9-7-14)16(20)17(3)10-4-5-11-17/h6-9,13H,4-5,10-12,18H2,1-3H3. The van der Waals surface area contributed by atoms with Gasteiger partial charge in [0.15, 0.2) is 0 Å². The van der Waals surface area contributed by atoms with E-state index in [0.29, 0.717) is 12.5 Å². The Kier molecular flexibility index (Phi) is 4.36. The van der Waals surface area contributed by atoms with Crippen LogP contribution in [0.5, 0.6) is 0 Å². The molecule has 2 rings (SSSR count). The maximum Gasteiger partial charge on any atom is 0.229 e. The van der Waals surface area contributed by atoms with Crippen LogP contribution in [0.2, 0.25) is 0 Å². The molecule has 3 heteroatoms. The lowest BCUT2D eigenvalue weighted by atomic mass is 9.86. The van der Waals surface area contributed by atoms with Crippen molar-refractivity contribution >= 4 is 11.6 Å². The Balaban J connectivity index is 2.14. The predicted octanol–water partition coefficient (Wildman–Crippen LogP) is 3.59. The number of hydrogen-bond acceptors (Lipinski definition) is 2. The summed E-state index contributed by atoms with van der Waals surface area (Å²) in [6.45, 7) is 6.98. The van der Waals surface area contributed by atoms with E-state index < -0.39 is 0 Å². The molecule has 20 heavy (non-hydrogen) atoms. The van der Waals surface area contributed by atoms with E-state index in [2.05, 4.69) is 20.8 Å². The van der Waals surface area contributed by atoms with E-state index in [9.17, 15) is 4.79 Å². The molecular weight excluding hydrogens is 248 g/mol. The van der Waals surface area contributed by atoms with Crippen LogP contribution in [0, 0.1) is 5.41 Å². The summed E-state index contributed by atoms with van der Waals surface area (Å²) in [5, 5.41) is 0.